The van der Waals surface area contributed by atoms with Crippen molar-refractivity contribution in [2.24, 2.45) is 0 Å². The largest absolute Gasteiger partial charge is 0.236 e. The molecule has 0 aliphatic heterocycles. The number of hydrogen-bond acceptors (Lipinski definition) is 2. The third-order valence-electron chi connectivity index (χ3n) is 8.24. The summed E-state index contributed by atoms with van der Waals surface area (Å²) in [5, 5.41) is 0. The molecule has 0 spiro atoms. The fourth-order valence-corrected chi connectivity index (χ4v) is 6.32. The van der Waals surface area contributed by atoms with Crippen molar-refractivity contribution in [3.63, 3.8) is 0 Å². The second kappa shape index (κ2) is 8.78. The summed E-state index contributed by atoms with van der Waals surface area (Å²) < 4.78 is 0. The van der Waals surface area contributed by atoms with E-state index in [1.165, 1.54) is 33.4 Å². The van der Waals surface area contributed by atoms with Crippen LogP contribution in [0.15, 0.2) is 134 Å². The Balaban J connectivity index is 1.30. The van der Waals surface area contributed by atoms with Gasteiger partial charge in [0.1, 0.15) is 6.33 Å². The van der Waals surface area contributed by atoms with Crippen LogP contribution in [0.4, 0.5) is 0 Å². The van der Waals surface area contributed by atoms with Crippen LogP contribution in [0, 0.1) is 0 Å². The zero-order chi connectivity index (χ0) is 25.7. The van der Waals surface area contributed by atoms with E-state index in [4.69, 9.17) is 4.98 Å². The Morgan fingerprint density at radius 3 is 2.53 bits per heavy atom. The molecule has 0 saturated carbocycles. The Bertz CT molecular complexity index is 1730. The van der Waals surface area contributed by atoms with Crippen LogP contribution in [0.5, 0.6) is 0 Å². The molecule has 1 heterocycles. The van der Waals surface area contributed by atoms with Crippen molar-refractivity contribution in [1.82, 2.24) is 9.97 Å². The van der Waals surface area contributed by atoms with E-state index in [1.807, 2.05) is 0 Å². The fraction of sp³-hybridized carbons (Fsp3) is 0.111. The van der Waals surface area contributed by atoms with E-state index >= 15 is 0 Å². The van der Waals surface area contributed by atoms with Crippen molar-refractivity contribution >= 4 is 11.1 Å². The Morgan fingerprint density at radius 2 is 1.63 bits per heavy atom. The molecular formula is C36H28N2. The lowest BCUT2D eigenvalue weighted by atomic mass is 9.60. The maximum Gasteiger partial charge on any atom is 0.116 e. The first kappa shape index (κ1) is 22.6. The molecule has 38 heavy (non-hydrogen) atoms. The molecule has 3 aliphatic carbocycles. The normalized spacial score (nSPS) is 21.2. The summed E-state index contributed by atoms with van der Waals surface area (Å²) in [6, 6.07) is 28.3. The van der Waals surface area contributed by atoms with E-state index in [0.717, 1.165) is 34.5 Å². The van der Waals surface area contributed by atoms with Gasteiger partial charge in [0.05, 0.1) is 11.4 Å². The molecule has 0 N–H and O–H groups in total. The van der Waals surface area contributed by atoms with Crippen LogP contribution in [-0.4, -0.2) is 9.97 Å². The zero-order valence-corrected chi connectivity index (χ0v) is 21.4. The van der Waals surface area contributed by atoms with E-state index in [0.29, 0.717) is 0 Å². The average molecular weight is 489 g/mol. The molecule has 4 aromatic rings. The van der Waals surface area contributed by atoms with Gasteiger partial charge < -0.3 is 0 Å². The summed E-state index contributed by atoms with van der Waals surface area (Å²) in [7, 11) is 0. The Morgan fingerprint density at radius 1 is 0.842 bits per heavy atom. The number of hydrogen-bond donors (Lipinski definition) is 0. The molecule has 2 atom stereocenters. The SMILES string of the molecule is C=C1CC=CC=C1c1cccc(-c2cc(C3=CC4(C)c5ccccc5-c5ccccc5C4C=C3)ncn2)c1. The smallest absolute Gasteiger partial charge is 0.116 e. The van der Waals surface area contributed by atoms with Crippen LogP contribution in [0.1, 0.15) is 41.6 Å². The predicted octanol–water partition coefficient (Wildman–Crippen LogP) is 8.72. The van der Waals surface area contributed by atoms with Gasteiger partial charge in [0.15, 0.2) is 0 Å². The number of rotatable bonds is 3. The number of aromatic nitrogens is 2. The van der Waals surface area contributed by atoms with Crippen molar-refractivity contribution in [2.45, 2.75) is 24.7 Å². The molecule has 0 saturated heterocycles. The zero-order valence-electron chi connectivity index (χ0n) is 21.4. The van der Waals surface area contributed by atoms with Crippen LogP contribution in [0.3, 0.4) is 0 Å². The van der Waals surface area contributed by atoms with Crippen molar-refractivity contribution in [3.05, 3.63) is 156 Å². The summed E-state index contributed by atoms with van der Waals surface area (Å²) >= 11 is 0. The van der Waals surface area contributed by atoms with Crippen molar-refractivity contribution in [3.8, 4) is 22.4 Å². The van der Waals surface area contributed by atoms with Gasteiger partial charge in [0.2, 0.25) is 0 Å². The second-order valence-corrected chi connectivity index (χ2v) is 10.5. The first-order valence-corrected chi connectivity index (χ1v) is 13.2. The molecule has 0 amide bonds. The van der Waals surface area contributed by atoms with Gasteiger partial charge in [0, 0.05) is 16.9 Å². The standard InChI is InChI=1S/C36H28N2/c1-24-10-3-4-13-28(24)25-11-9-12-26(20-25)34-21-35(38-23-37-34)27-18-19-33-31-15-6-5-14-29(31)30-16-7-8-17-32(30)36(33,2)22-27/h3-9,11-23,33H,1,10H2,2H3. The number of fused-ring (bicyclic) bond motifs is 6. The fourth-order valence-electron chi connectivity index (χ4n) is 6.32. The maximum atomic E-state index is 4.72. The molecule has 7 rings (SSSR count). The maximum absolute atomic E-state index is 4.72. The van der Waals surface area contributed by atoms with Gasteiger partial charge in [0.25, 0.3) is 0 Å². The second-order valence-electron chi connectivity index (χ2n) is 10.5. The van der Waals surface area contributed by atoms with Gasteiger partial charge in [-0.2, -0.15) is 0 Å². The topological polar surface area (TPSA) is 25.8 Å². The first-order chi connectivity index (χ1) is 18.6. The van der Waals surface area contributed by atoms with E-state index in [-0.39, 0.29) is 11.3 Å². The van der Waals surface area contributed by atoms with Crippen LogP contribution in [-0.2, 0) is 5.41 Å². The van der Waals surface area contributed by atoms with Crippen molar-refractivity contribution in [2.75, 3.05) is 0 Å². The van der Waals surface area contributed by atoms with Gasteiger partial charge >= 0.3 is 0 Å². The number of allylic oxidation sites excluding steroid dienone is 9. The minimum Gasteiger partial charge on any atom is -0.236 e. The van der Waals surface area contributed by atoms with Gasteiger partial charge in [-0.25, -0.2) is 9.97 Å². The Labute approximate surface area is 224 Å². The van der Waals surface area contributed by atoms with E-state index in [1.54, 1.807) is 6.33 Å². The lowest BCUT2D eigenvalue weighted by Crippen LogP contribution is -2.33. The molecule has 1 aromatic heterocycles. The summed E-state index contributed by atoms with van der Waals surface area (Å²) in [4.78, 5) is 9.37. The van der Waals surface area contributed by atoms with E-state index in [2.05, 4.69) is 134 Å². The molecule has 2 nitrogen and oxygen atoms in total. The van der Waals surface area contributed by atoms with E-state index < -0.39 is 0 Å². The van der Waals surface area contributed by atoms with Crippen molar-refractivity contribution < 1.29 is 0 Å². The minimum atomic E-state index is -0.165. The van der Waals surface area contributed by atoms with Gasteiger partial charge in [-0.15, -0.1) is 0 Å². The highest BCUT2D eigenvalue weighted by molar-refractivity contribution is 5.85. The highest BCUT2D eigenvalue weighted by Gasteiger charge is 2.42. The van der Waals surface area contributed by atoms with Gasteiger partial charge in [-0.05, 0) is 63.1 Å². The van der Waals surface area contributed by atoms with Crippen LogP contribution in [0.25, 0.3) is 33.5 Å². The summed E-state index contributed by atoms with van der Waals surface area (Å²) in [5.74, 6) is 0.279. The third kappa shape index (κ3) is 3.56. The van der Waals surface area contributed by atoms with Gasteiger partial charge in [-0.3, -0.25) is 0 Å². The van der Waals surface area contributed by atoms with E-state index in [9.17, 15) is 0 Å². The molecule has 2 heteroatoms. The lowest BCUT2D eigenvalue weighted by Gasteiger charge is -2.43. The monoisotopic (exact) mass is 488 g/mol. The lowest BCUT2D eigenvalue weighted by molar-refractivity contribution is 0.521. The minimum absolute atomic E-state index is 0.165. The summed E-state index contributed by atoms with van der Waals surface area (Å²) in [6.45, 7) is 6.62. The molecule has 182 valence electrons. The number of nitrogens with zero attached hydrogens (tertiary/aromatic N) is 2. The molecule has 0 fully saturated rings. The molecule has 3 aliphatic rings. The highest BCUT2D eigenvalue weighted by Crippen LogP contribution is 2.54. The Hall–Kier alpha value is -4.56. The molecule has 2 unspecified atom stereocenters. The molecule has 0 bridgehead atoms. The van der Waals surface area contributed by atoms with Crippen molar-refractivity contribution in [1.29, 1.82) is 0 Å². The van der Waals surface area contributed by atoms with Crippen LogP contribution < -0.4 is 0 Å². The van der Waals surface area contributed by atoms with Gasteiger partial charge in [-0.1, -0.05) is 117 Å². The molecule has 0 radical (unpaired) electrons. The summed E-state index contributed by atoms with van der Waals surface area (Å²) in [5.41, 5.74) is 12.8. The van der Waals surface area contributed by atoms with Crippen LogP contribution in [0.2, 0.25) is 0 Å². The number of benzene rings is 3. The molecule has 3 aromatic carbocycles. The third-order valence-corrected chi connectivity index (χ3v) is 8.24. The average Bonchev–Trinajstić information content (AvgIpc) is 2.97. The summed E-state index contributed by atoms with van der Waals surface area (Å²) in [6.07, 6.45) is 16.0. The first-order valence-electron chi connectivity index (χ1n) is 13.2. The molecular weight excluding hydrogens is 460 g/mol. The predicted molar refractivity (Wildman–Crippen MR) is 157 cm³/mol. The Kier molecular flexibility index (Phi) is 5.23. The quantitative estimate of drug-likeness (QED) is 0.288. The highest BCUT2D eigenvalue weighted by atomic mass is 14.8. The van der Waals surface area contributed by atoms with Crippen LogP contribution >= 0.6 is 0 Å².